The Morgan fingerprint density at radius 3 is 1.79 bits per heavy atom. The number of nitrogens with zero attached hydrogens (tertiary/aromatic N) is 1. The third kappa shape index (κ3) is 8.70. The molecule has 1 radical (unpaired) electrons. The van der Waals surface area contributed by atoms with E-state index in [0.29, 0.717) is 0 Å². The summed E-state index contributed by atoms with van der Waals surface area (Å²) < 4.78 is 4.35. The summed E-state index contributed by atoms with van der Waals surface area (Å²) in [5, 5.41) is 0. The Labute approximate surface area is 105 Å². The standard InChI is InChI=1S/C8H11N.C2H5BrO.Cu/c1-6-4-7(2)9-8(3)5-6;1-2-4-3;/h4-5H,1-3H3;2H2,1H3;. The minimum Gasteiger partial charge on any atom is -0.308 e. The number of hydrogen-bond donors (Lipinski definition) is 0. The van der Waals surface area contributed by atoms with E-state index < -0.39 is 0 Å². The van der Waals surface area contributed by atoms with E-state index in [2.05, 4.69) is 44.1 Å². The summed E-state index contributed by atoms with van der Waals surface area (Å²) in [6.45, 7) is 8.76. The van der Waals surface area contributed by atoms with Crippen LogP contribution in [0.5, 0.6) is 0 Å². The Kier molecular flexibility index (Phi) is 11.4. The Balaban J connectivity index is 0. The maximum absolute atomic E-state index is 4.35. The van der Waals surface area contributed by atoms with Crippen molar-refractivity contribution in [2.45, 2.75) is 27.7 Å². The zero-order chi connectivity index (χ0) is 10.3. The Bertz CT molecular complexity index is 203. The summed E-state index contributed by atoms with van der Waals surface area (Å²) in [6, 6.07) is 4.15. The first kappa shape index (κ1) is 16.5. The van der Waals surface area contributed by atoms with Gasteiger partial charge < -0.3 is 3.83 Å². The molecular weight excluding hydrogens is 294 g/mol. The molecule has 2 nitrogen and oxygen atoms in total. The van der Waals surface area contributed by atoms with E-state index in [1.807, 2.05) is 20.8 Å². The van der Waals surface area contributed by atoms with E-state index in [9.17, 15) is 0 Å². The fraction of sp³-hybridized carbons (Fsp3) is 0.500. The molecule has 85 valence electrons. The predicted molar refractivity (Wildman–Crippen MR) is 59.0 cm³/mol. The molecule has 1 aromatic rings. The normalized spacial score (nSPS) is 8.36. The molecule has 14 heavy (non-hydrogen) atoms. The molecule has 0 saturated carbocycles. The summed E-state index contributed by atoms with van der Waals surface area (Å²) in [5.74, 6) is 0. The van der Waals surface area contributed by atoms with Crippen LogP contribution in [0, 0.1) is 20.8 Å². The minimum absolute atomic E-state index is 0. The molecule has 1 heterocycles. The SMILES string of the molecule is CCOBr.Cc1cc(C)nc(C)c1.[Cu]. The van der Waals surface area contributed by atoms with E-state index in [1.165, 1.54) is 5.56 Å². The van der Waals surface area contributed by atoms with Gasteiger partial charge >= 0.3 is 0 Å². The van der Waals surface area contributed by atoms with Crippen molar-refractivity contribution in [3.63, 3.8) is 0 Å². The van der Waals surface area contributed by atoms with Gasteiger partial charge in [-0.3, -0.25) is 4.98 Å². The van der Waals surface area contributed by atoms with Gasteiger partial charge in [-0.05, 0) is 45.4 Å². The fourth-order valence-electron chi connectivity index (χ4n) is 1.04. The number of halogens is 1. The van der Waals surface area contributed by atoms with Gasteiger partial charge in [-0.1, -0.05) is 0 Å². The van der Waals surface area contributed by atoms with Crippen LogP contribution in [0.15, 0.2) is 12.1 Å². The maximum Gasteiger partial charge on any atom is 0.0987 e. The fourth-order valence-corrected chi connectivity index (χ4v) is 1.04. The number of rotatable bonds is 1. The molecule has 0 saturated heterocycles. The van der Waals surface area contributed by atoms with Crippen molar-refractivity contribution in [1.82, 2.24) is 4.98 Å². The number of pyridine rings is 1. The maximum atomic E-state index is 4.35. The van der Waals surface area contributed by atoms with Crippen molar-refractivity contribution in [3.8, 4) is 0 Å². The molecule has 1 rings (SSSR count). The minimum atomic E-state index is 0. The average Bonchev–Trinajstić information content (AvgIpc) is 2.02. The van der Waals surface area contributed by atoms with E-state index in [0.717, 1.165) is 18.0 Å². The molecule has 1 aromatic heterocycles. The molecule has 0 aliphatic carbocycles. The average molecular weight is 310 g/mol. The predicted octanol–water partition coefficient (Wildman–Crippen LogP) is 3.34. The van der Waals surface area contributed by atoms with Gasteiger partial charge in [0.1, 0.15) is 0 Å². The van der Waals surface area contributed by atoms with E-state index in [4.69, 9.17) is 0 Å². The molecule has 0 amide bonds. The molecule has 4 heteroatoms. The monoisotopic (exact) mass is 308 g/mol. The van der Waals surface area contributed by atoms with Crippen LogP contribution in [0.4, 0.5) is 0 Å². The first-order valence-electron chi connectivity index (χ1n) is 4.25. The zero-order valence-corrected chi connectivity index (χ0v) is 11.4. The van der Waals surface area contributed by atoms with Crippen LogP contribution in [0.2, 0.25) is 0 Å². The Morgan fingerprint density at radius 1 is 1.21 bits per heavy atom. The van der Waals surface area contributed by atoms with Crippen LogP contribution in [0.1, 0.15) is 23.9 Å². The summed E-state index contributed by atoms with van der Waals surface area (Å²) >= 11 is 2.75. The molecule has 0 aliphatic rings. The number of aromatic nitrogens is 1. The zero-order valence-electron chi connectivity index (χ0n) is 8.90. The quantitative estimate of drug-likeness (QED) is 0.742. The smallest absolute Gasteiger partial charge is 0.0987 e. The van der Waals surface area contributed by atoms with Crippen LogP contribution >= 0.6 is 16.3 Å². The van der Waals surface area contributed by atoms with Gasteiger partial charge in [-0.15, -0.1) is 0 Å². The van der Waals surface area contributed by atoms with Crippen LogP contribution in [-0.4, -0.2) is 11.6 Å². The first-order valence-corrected chi connectivity index (χ1v) is 4.90. The van der Waals surface area contributed by atoms with Crippen LogP contribution in [0.25, 0.3) is 0 Å². The van der Waals surface area contributed by atoms with Crippen LogP contribution < -0.4 is 0 Å². The molecular formula is C10H16BrCuNO. The number of aryl methyl sites for hydroxylation is 3. The summed E-state index contributed by atoms with van der Waals surface area (Å²) in [7, 11) is 0. The molecule has 0 aromatic carbocycles. The third-order valence-corrected chi connectivity index (χ3v) is 1.79. The molecule has 0 bridgehead atoms. The van der Waals surface area contributed by atoms with E-state index >= 15 is 0 Å². The van der Waals surface area contributed by atoms with Gasteiger partial charge in [0.15, 0.2) is 0 Å². The molecule has 0 N–H and O–H groups in total. The number of hydrogen-bond acceptors (Lipinski definition) is 2. The van der Waals surface area contributed by atoms with Crippen molar-refractivity contribution >= 4 is 16.3 Å². The van der Waals surface area contributed by atoms with Crippen molar-refractivity contribution in [2.24, 2.45) is 0 Å². The summed E-state index contributed by atoms with van der Waals surface area (Å²) in [6.07, 6.45) is 0. The third-order valence-electron chi connectivity index (χ3n) is 1.33. The second-order valence-electron chi connectivity index (χ2n) is 2.83. The van der Waals surface area contributed by atoms with E-state index in [-0.39, 0.29) is 17.1 Å². The van der Waals surface area contributed by atoms with Crippen LogP contribution in [-0.2, 0) is 20.9 Å². The summed E-state index contributed by atoms with van der Waals surface area (Å²) in [5.41, 5.74) is 3.50. The van der Waals surface area contributed by atoms with Gasteiger partial charge in [0, 0.05) is 28.5 Å². The Morgan fingerprint density at radius 2 is 1.57 bits per heavy atom. The van der Waals surface area contributed by atoms with Crippen molar-refractivity contribution in [2.75, 3.05) is 6.61 Å². The molecule has 0 aliphatic heterocycles. The van der Waals surface area contributed by atoms with Gasteiger partial charge in [0.2, 0.25) is 0 Å². The van der Waals surface area contributed by atoms with Crippen LogP contribution in [0.3, 0.4) is 0 Å². The molecule has 0 unspecified atom stereocenters. The van der Waals surface area contributed by atoms with Crippen molar-refractivity contribution in [1.29, 1.82) is 0 Å². The molecule has 0 spiro atoms. The van der Waals surface area contributed by atoms with Crippen molar-refractivity contribution < 1.29 is 20.9 Å². The van der Waals surface area contributed by atoms with Gasteiger partial charge in [0.25, 0.3) is 0 Å². The van der Waals surface area contributed by atoms with Gasteiger partial charge in [-0.2, -0.15) is 0 Å². The van der Waals surface area contributed by atoms with Crippen molar-refractivity contribution in [3.05, 3.63) is 29.1 Å². The summed E-state index contributed by atoms with van der Waals surface area (Å²) in [4.78, 5) is 4.23. The first-order chi connectivity index (χ1) is 6.10. The topological polar surface area (TPSA) is 22.1 Å². The Hall–Kier alpha value is 0.109. The van der Waals surface area contributed by atoms with Gasteiger partial charge in [-0.25, -0.2) is 0 Å². The molecule has 0 atom stereocenters. The van der Waals surface area contributed by atoms with Gasteiger partial charge in [0.05, 0.1) is 22.9 Å². The largest absolute Gasteiger partial charge is 0.308 e. The second-order valence-corrected chi connectivity index (χ2v) is 3.28. The second kappa shape index (κ2) is 9.66. The van der Waals surface area contributed by atoms with E-state index in [1.54, 1.807) is 0 Å². The molecule has 0 fully saturated rings.